The molecule has 110 valence electrons. The van der Waals surface area contributed by atoms with Crippen molar-refractivity contribution in [1.29, 1.82) is 0 Å². The van der Waals surface area contributed by atoms with Gasteiger partial charge in [0.05, 0.1) is 19.1 Å². The van der Waals surface area contributed by atoms with E-state index in [1.54, 1.807) is 7.11 Å². The van der Waals surface area contributed by atoms with E-state index in [1.165, 1.54) is 6.92 Å². The first-order valence-electron chi connectivity index (χ1n) is 6.63. The van der Waals surface area contributed by atoms with Gasteiger partial charge in [0.2, 0.25) is 11.8 Å². The van der Waals surface area contributed by atoms with Crippen molar-refractivity contribution >= 4 is 11.8 Å². The average molecular weight is 278 g/mol. The number of rotatable bonds is 7. The topological polar surface area (TPSA) is 67.4 Å². The quantitative estimate of drug-likeness (QED) is 0.792. The zero-order valence-corrected chi connectivity index (χ0v) is 12.2. The Balaban J connectivity index is 2.66. The SMILES string of the molecule is COC[C@H](C)NC(=O)C[C@@H](NC(C)=O)c1ccccc1. The van der Waals surface area contributed by atoms with Crippen LogP contribution in [-0.2, 0) is 14.3 Å². The van der Waals surface area contributed by atoms with E-state index in [2.05, 4.69) is 10.6 Å². The molecule has 0 aliphatic carbocycles. The first-order chi connectivity index (χ1) is 9.52. The molecule has 2 amide bonds. The van der Waals surface area contributed by atoms with Crippen LogP contribution in [0.1, 0.15) is 31.9 Å². The minimum absolute atomic E-state index is 0.0544. The van der Waals surface area contributed by atoms with Gasteiger partial charge in [-0.1, -0.05) is 30.3 Å². The molecule has 5 nitrogen and oxygen atoms in total. The van der Waals surface area contributed by atoms with Crippen LogP contribution in [-0.4, -0.2) is 31.6 Å². The molecule has 0 heterocycles. The normalized spacial score (nSPS) is 13.3. The molecule has 0 unspecified atom stereocenters. The van der Waals surface area contributed by atoms with Crippen LogP contribution < -0.4 is 10.6 Å². The van der Waals surface area contributed by atoms with Gasteiger partial charge in [-0.05, 0) is 12.5 Å². The fraction of sp³-hybridized carbons (Fsp3) is 0.467. The van der Waals surface area contributed by atoms with Gasteiger partial charge in [-0.3, -0.25) is 9.59 Å². The van der Waals surface area contributed by atoms with Crippen molar-refractivity contribution in [3.05, 3.63) is 35.9 Å². The predicted molar refractivity (Wildman–Crippen MR) is 77.1 cm³/mol. The molecule has 0 radical (unpaired) electrons. The van der Waals surface area contributed by atoms with Gasteiger partial charge in [0.1, 0.15) is 0 Å². The molecule has 20 heavy (non-hydrogen) atoms. The Kier molecular flexibility index (Phi) is 6.73. The van der Waals surface area contributed by atoms with Gasteiger partial charge in [-0.25, -0.2) is 0 Å². The molecule has 0 aliphatic rings. The Morgan fingerprint density at radius 2 is 1.85 bits per heavy atom. The number of hydrogen-bond donors (Lipinski definition) is 2. The highest BCUT2D eigenvalue weighted by atomic mass is 16.5. The number of carbonyl (C=O) groups is 2. The van der Waals surface area contributed by atoms with Gasteiger partial charge in [-0.2, -0.15) is 0 Å². The summed E-state index contributed by atoms with van der Waals surface area (Å²) >= 11 is 0. The molecule has 0 saturated heterocycles. The van der Waals surface area contributed by atoms with Crippen LogP contribution in [0.25, 0.3) is 0 Å². The summed E-state index contributed by atoms with van der Waals surface area (Å²) in [7, 11) is 1.59. The maximum Gasteiger partial charge on any atom is 0.222 e. The van der Waals surface area contributed by atoms with E-state index >= 15 is 0 Å². The van der Waals surface area contributed by atoms with Crippen molar-refractivity contribution in [2.75, 3.05) is 13.7 Å². The van der Waals surface area contributed by atoms with Gasteiger partial charge >= 0.3 is 0 Å². The monoisotopic (exact) mass is 278 g/mol. The fourth-order valence-corrected chi connectivity index (χ4v) is 1.99. The van der Waals surface area contributed by atoms with E-state index in [9.17, 15) is 9.59 Å². The van der Waals surface area contributed by atoms with E-state index in [-0.39, 0.29) is 30.3 Å². The molecule has 1 aromatic carbocycles. The fourth-order valence-electron chi connectivity index (χ4n) is 1.99. The zero-order valence-electron chi connectivity index (χ0n) is 12.2. The lowest BCUT2D eigenvalue weighted by atomic mass is 10.0. The van der Waals surface area contributed by atoms with Crippen LogP contribution in [0.3, 0.4) is 0 Å². The first-order valence-corrected chi connectivity index (χ1v) is 6.63. The Morgan fingerprint density at radius 3 is 2.40 bits per heavy atom. The van der Waals surface area contributed by atoms with E-state index in [0.717, 1.165) is 5.56 Å². The average Bonchev–Trinajstić information content (AvgIpc) is 2.38. The van der Waals surface area contributed by atoms with Crippen LogP contribution in [0.4, 0.5) is 0 Å². The molecular weight excluding hydrogens is 256 g/mol. The number of methoxy groups -OCH3 is 1. The van der Waals surface area contributed by atoms with Crippen LogP contribution in [0, 0.1) is 0 Å². The summed E-state index contributed by atoms with van der Waals surface area (Å²) in [6, 6.07) is 9.09. The number of benzene rings is 1. The van der Waals surface area contributed by atoms with Gasteiger partial charge < -0.3 is 15.4 Å². The van der Waals surface area contributed by atoms with E-state index in [1.807, 2.05) is 37.3 Å². The van der Waals surface area contributed by atoms with Crippen LogP contribution in [0.2, 0.25) is 0 Å². The lowest BCUT2D eigenvalue weighted by molar-refractivity contribution is -0.123. The second-order valence-electron chi connectivity index (χ2n) is 4.79. The van der Waals surface area contributed by atoms with Crippen molar-refractivity contribution in [1.82, 2.24) is 10.6 Å². The standard InChI is InChI=1S/C15H22N2O3/c1-11(10-20-3)16-15(19)9-14(17-12(2)18)13-7-5-4-6-8-13/h4-8,11,14H,9-10H2,1-3H3,(H,16,19)(H,17,18)/t11-,14+/m0/s1. The Bertz CT molecular complexity index is 434. The molecule has 0 spiro atoms. The summed E-state index contributed by atoms with van der Waals surface area (Å²) in [6.07, 6.45) is 0.206. The summed E-state index contributed by atoms with van der Waals surface area (Å²) < 4.78 is 4.97. The number of nitrogens with one attached hydrogen (secondary N) is 2. The first kappa shape index (κ1) is 16.2. The largest absolute Gasteiger partial charge is 0.383 e. The highest BCUT2D eigenvalue weighted by Crippen LogP contribution is 2.16. The molecule has 0 aliphatic heterocycles. The van der Waals surface area contributed by atoms with Crippen molar-refractivity contribution in [2.24, 2.45) is 0 Å². The maximum atomic E-state index is 12.0. The zero-order chi connectivity index (χ0) is 15.0. The maximum absolute atomic E-state index is 12.0. The highest BCUT2D eigenvalue weighted by molar-refractivity contribution is 5.79. The van der Waals surface area contributed by atoms with E-state index in [4.69, 9.17) is 4.74 Å². The van der Waals surface area contributed by atoms with Crippen molar-refractivity contribution in [3.8, 4) is 0 Å². The van der Waals surface area contributed by atoms with E-state index < -0.39 is 0 Å². The predicted octanol–water partition coefficient (Wildman–Crippen LogP) is 1.41. The molecule has 2 N–H and O–H groups in total. The molecular formula is C15H22N2O3. The van der Waals surface area contributed by atoms with Gasteiger partial charge in [0, 0.05) is 20.1 Å². The van der Waals surface area contributed by atoms with Gasteiger partial charge in [0.25, 0.3) is 0 Å². The van der Waals surface area contributed by atoms with Crippen LogP contribution >= 0.6 is 0 Å². The molecule has 0 aromatic heterocycles. The van der Waals surface area contributed by atoms with Crippen molar-refractivity contribution < 1.29 is 14.3 Å². The summed E-state index contributed by atoms with van der Waals surface area (Å²) in [6.45, 7) is 3.78. The molecule has 5 heteroatoms. The molecule has 1 aromatic rings. The van der Waals surface area contributed by atoms with E-state index in [0.29, 0.717) is 6.61 Å². The second-order valence-corrected chi connectivity index (χ2v) is 4.79. The molecule has 0 bridgehead atoms. The minimum atomic E-state index is -0.316. The van der Waals surface area contributed by atoms with Crippen LogP contribution in [0.5, 0.6) is 0 Å². The third kappa shape index (κ3) is 5.84. The Labute approximate surface area is 119 Å². The lowest BCUT2D eigenvalue weighted by Crippen LogP contribution is -2.38. The molecule has 0 saturated carbocycles. The summed E-state index contributed by atoms with van der Waals surface area (Å²) in [5, 5.41) is 5.64. The smallest absolute Gasteiger partial charge is 0.222 e. The number of ether oxygens (including phenoxy) is 1. The number of amides is 2. The van der Waals surface area contributed by atoms with Crippen molar-refractivity contribution in [2.45, 2.75) is 32.4 Å². The van der Waals surface area contributed by atoms with Gasteiger partial charge in [0.15, 0.2) is 0 Å². The Hall–Kier alpha value is -1.88. The highest BCUT2D eigenvalue weighted by Gasteiger charge is 2.17. The van der Waals surface area contributed by atoms with Crippen LogP contribution in [0.15, 0.2) is 30.3 Å². The number of hydrogen-bond acceptors (Lipinski definition) is 3. The minimum Gasteiger partial charge on any atom is -0.383 e. The Morgan fingerprint density at radius 1 is 1.20 bits per heavy atom. The lowest BCUT2D eigenvalue weighted by Gasteiger charge is -2.19. The third-order valence-corrected chi connectivity index (χ3v) is 2.79. The third-order valence-electron chi connectivity index (χ3n) is 2.79. The summed E-state index contributed by atoms with van der Waals surface area (Å²) in [5.41, 5.74) is 0.914. The second kappa shape index (κ2) is 8.32. The molecule has 2 atom stereocenters. The van der Waals surface area contributed by atoms with Gasteiger partial charge in [-0.15, -0.1) is 0 Å². The molecule has 1 rings (SSSR count). The number of carbonyl (C=O) groups excluding carboxylic acids is 2. The van der Waals surface area contributed by atoms with Crippen molar-refractivity contribution in [3.63, 3.8) is 0 Å². The molecule has 0 fully saturated rings. The summed E-state index contributed by atoms with van der Waals surface area (Å²) in [5.74, 6) is -0.270. The summed E-state index contributed by atoms with van der Waals surface area (Å²) in [4.78, 5) is 23.2.